The summed E-state index contributed by atoms with van der Waals surface area (Å²) in [4.78, 5) is 12.5. The molecule has 0 aliphatic rings. The number of para-hydroxylation sites is 1. The second-order valence-electron chi connectivity index (χ2n) is 6.95. The maximum atomic E-state index is 12.5. The van der Waals surface area contributed by atoms with Crippen molar-refractivity contribution in [1.29, 1.82) is 0 Å². The summed E-state index contributed by atoms with van der Waals surface area (Å²) in [5, 5.41) is 17.8. The van der Waals surface area contributed by atoms with Crippen molar-refractivity contribution in [2.24, 2.45) is 0 Å². The van der Waals surface area contributed by atoms with Gasteiger partial charge in [-0.3, -0.25) is 4.79 Å². The van der Waals surface area contributed by atoms with Gasteiger partial charge in [0.1, 0.15) is 0 Å². The number of hydrogen-bond acceptors (Lipinski definition) is 5. The second kappa shape index (κ2) is 8.45. The average Bonchev–Trinajstić information content (AvgIpc) is 3.20. The fraction of sp³-hybridized carbons (Fsp3) is 0.182. The van der Waals surface area contributed by atoms with Crippen LogP contribution >= 0.6 is 11.8 Å². The van der Waals surface area contributed by atoms with Crippen molar-refractivity contribution in [1.82, 2.24) is 20.2 Å². The molecule has 0 saturated carbocycles. The van der Waals surface area contributed by atoms with Crippen LogP contribution in [0.4, 0.5) is 5.69 Å². The van der Waals surface area contributed by atoms with Crippen molar-refractivity contribution in [2.45, 2.75) is 24.9 Å². The van der Waals surface area contributed by atoms with E-state index in [1.807, 2.05) is 54.6 Å². The van der Waals surface area contributed by atoms with E-state index in [4.69, 9.17) is 0 Å². The molecule has 4 rings (SSSR count). The predicted molar refractivity (Wildman–Crippen MR) is 117 cm³/mol. The topological polar surface area (TPSA) is 72.7 Å². The number of benzene rings is 3. The Morgan fingerprint density at radius 1 is 1.03 bits per heavy atom. The van der Waals surface area contributed by atoms with Gasteiger partial charge in [-0.2, -0.15) is 4.68 Å². The fourth-order valence-electron chi connectivity index (χ4n) is 3.24. The minimum absolute atomic E-state index is 0.0874. The molecule has 0 aliphatic heterocycles. The molecule has 3 aromatic carbocycles. The van der Waals surface area contributed by atoms with Crippen LogP contribution in [0.3, 0.4) is 0 Å². The summed E-state index contributed by atoms with van der Waals surface area (Å²) in [6, 6.07) is 22.0. The highest BCUT2D eigenvalue weighted by molar-refractivity contribution is 7.99. The Morgan fingerprint density at radius 3 is 2.66 bits per heavy atom. The highest BCUT2D eigenvalue weighted by atomic mass is 32.2. The van der Waals surface area contributed by atoms with Crippen LogP contribution in [0.25, 0.3) is 16.5 Å². The zero-order valence-electron chi connectivity index (χ0n) is 16.2. The van der Waals surface area contributed by atoms with Gasteiger partial charge in [0.05, 0.1) is 11.4 Å². The monoisotopic (exact) mass is 403 g/mol. The molecule has 7 heteroatoms. The van der Waals surface area contributed by atoms with Gasteiger partial charge in [-0.25, -0.2) is 0 Å². The highest BCUT2D eigenvalue weighted by Crippen LogP contribution is 2.26. The Balaban J connectivity index is 1.51. The molecule has 0 aliphatic carbocycles. The van der Waals surface area contributed by atoms with Gasteiger partial charge in [-0.15, -0.1) is 5.10 Å². The second-order valence-corrected chi connectivity index (χ2v) is 7.89. The van der Waals surface area contributed by atoms with Crippen LogP contribution < -0.4 is 5.32 Å². The fourth-order valence-corrected chi connectivity index (χ4v) is 3.93. The van der Waals surface area contributed by atoms with E-state index in [1.54, 1.807) is 4.68 Å². The van der Waals surface area contributed by atoms with Crippen LogP contribution in [0, 0.1) is 0 Å². The molecule has 0 unspecified atom stereocenters. The van der Waals surface area contributed by atoms with E-state index >= 15 is 0 Å². The summed E-state index contributed by atoms with van der Waals surface area (Å²) in [5.74, 6) is 0.464. The maximum Gasteiger partial charge on any atom is 0.234 e. The third-order valence-corrected chi connectivity index (χ3v) is 5.54. The lowest BCUT2D eigenvalue weighted by atomic mass is 10.0. The van der Waals surface area contributed by atoms with Crippen molar-refractivity contribution in [3.63, 3.8) is 0 Å². The van der Waals surface area contributed by atoms with Crippen molar-refractivity contribution in [2.75, 3.05) is 11.1 Å². The van der Waals surface area contributed by atoms with E-state index in [2.05, 4.69) is 46.8 Å². The molecule has 29 heavy (non-hydrogen) atoms. The normalized spacial score (nSPS) is 11.1. The summed E-state index contributed by atoms with van der Waals surface area (Å²) < 4.78 is 1.68. The molecule has 4 aromatic rings. The van der Waals surface area contributed by atoms with Crippen LogP contribution in [0.2, 0.25) is 0 Å². The molecule has 0 saturated heterocycles. The smallest absolute Gasteiger partial charge is 0.234 e. The summed E-state index contributed by atoms with van der Waals surface area (Å²) in [7, 11) is 0. The van der Waals surface area contributed by atoms with Crippen LogP contribution in [-0.4, -0.2) is 31.9 Å². The largest absolute Gasteiger partial charge is 0.325 e. The number of hydrogen-bond donors (Lipinski definition) is 1. The molecule has 1 amide bonds. The highest BCUT2D eigenvalue weighted by Gasteiger charge is 2.15. The standard InChI is InChI=1S/C22H21N5OS/c1-15(2)17-10-5-6-12-19(17)23-21(28)14-29-22-24-25-26-27(22)20-13-7-9-16-8-3-4-11-18(16)20/h3-13,15H,14H2,1-2H3,(H,23,28). The van der Waals surface area contributed by atoms with E-state index in [-0.39, 0.29) is 11.7 Å². The van der Waals surface area contributed by atoms with Gasteiger partial charge in [0.25, 0.3) is 0 Å². The Labute approximate surface area is 173 Å². The van der Waals surface area contributed by atoms with E-state index in [0.717, 1.165) is 27.7 Å². The zero-order valence-corrected chi connectivity index (χ0v) is 17.1. The number of tetrazole rings is 1. The molecule has 0 spiro atoms. The van der Waals surface area contributed by atoms with Crippen LogP contribution in [0.5, 0.6) is 0 Å². The Bertz CT molecular complexity index is 1150. The first kappa shape index (κ1) is 19.1. The van der Waals surface area contributed by atoms with Crippen LogP contribution in [0.15, 0.2) is 71.9 Å². The molecule has 0 radical (unpaired) electrons. The van der Waals surface area contributed by atoms with Crippen molar-refractivity contribution in [3.8, 4) is 5.69 Å². The predicted octanol–water partition coefficient (Wildman–Crippen LogP) is 4.67. The van der Waals surface area contributed by atoms with Gasteiger partial charge in [-0.1, -0.05) is 80.2 Å². The van der Waals surface area contributed by atoms with E-state index < -0.39 is 0 Å². The number of amides is 1. The quantitative estimate of drug-likeness (QED) is 0.474. The number of fused-ring (bicyclic) bond motifs is 1. The number of nitrogens with one attached hydrogen (secondary N) is 1. The first-order chi connectivity index (χ1) is 14.1. The molecule has 6 nitrogen and oxygen atoms in total. The molecule has 146 valence electrons. The molecule has 0 bridgehead atoms. The minimum Gasteiger partial charge on any atom is -0.325 e. The van der Waals surface area contributed by atoms with Crippen molar-refractivity contribution in [3.05, 3.63) is 72.3 Å². The Hall–Kier alpha value is -3.19. The van der Waals surface area contributed by atoms with Gasteiger partial charge >= 0.3 is 0 Å². The number of aromatic nitrogens is 4. The van der Waals surface area contributed by atoms with Gasteiger partial charge in [0.15, 0.2) is 0 Å². The average molecular weight is 404 g/mol. The molecule has 1 N–H and O–H groups in total. The van der Waals surface area contributed by atoms with Gasteiger partial charge in [0.2, 0.25) is 11.1 Å². The minimum atomic E-state index is -0.0874. The Morgan fingerprint density at radius 2 is 1.79 bits per heavy atom. The number of nitrogens with zero attached hydrogens (tertiary/aromatic N) is 4. The van der Waals surface area contributed by atoms with Crippen LogP contribution in [0.1, 0.15) is 25.3 Å². The zero-order chi connectivity index (χ0) is 20.2. The number of anilines is 1. The molecule has 1 aromatic heterocycles. The third-order valence-electron chi connectivity index (χ3n) is 4.62. The van der Waals surface area contributed by atoms with Crippen LogP contribution in [-0.2, 0) is 4.79 Å². The number of carbonyl (C=O) groups is 1. The first-order valence-electron chi connectivity index (χ1n) is 9.41. The number of thioether (sulfide) groups is 1. The molecule has 0 atom stereocenters. The lowest BCUT2D eigenvalue weighted by Crippen LogP contribution is -2.16. The maximum absolute atomic E-state index is 12.5. The van der Waals surface area contributed by atoms with Crippen molar-refractivity contribution < 1.29 is 4.79 Å². The SMILES string of the molecule is CC(C)c1ccccc1NC(=O)CSc1nnnn1-c1cccc2ccccc12. The number of rotatable bonds is 6. The van der Waals surface area contributed by atoms with E-state index in [0.29, 0.717) is 11.1 Å². The molecular weight excluding hydrogens is 382 g/mol. The molecule has 1 heterocycles. The van der Waals surface area contributed by atoms with Gasteiger partial charge in [-0.05, 0) is 39.4 Å². The Kier molecular flexibility index (Phi) is 5.57. The van der Waals surface area contributed by atoms with Crippen molar-refractivity contribution >= 4 is 34.1 Å². The number of carbonyl (C=O) groups excluding carboxylic acids is 1. The first-order valence-corrected chi connectivity index (χ1v) is 10.4. The summed E-state index contributed by atoms with van der Waals surface area (Å²) in [6.45, 7) is 4.22. The third kappa shape index (κ3) is 4.14. The summed E-state index contributed by atoms with van der Waals surface area (Å²) >= 11 is 1.31. The lowest BCUT2D eigenvalue weighted by Gasteiger charge is -2.13. The summed E-state index contributed by atoms with van der Waals surface area (Å²) in [6.07, 6.45) is 0. The van der Waals surface area contributed by atoms with E-state index in [1.165, 1.54) is 11.8 Å². The molecular formula is C22H21N5OS. The van der Waals surface area contributed by atoms with Gasteiger partial charge < -0.3 is 5.32 Å². The summed E-state index contributed by atoms with van der Waals surface area (Å²) in [5.41, 5.74) is 2.86. The molecule has 0 fully saturated rings. The lowest BCUT2D eigenvalue weighted by molar-refractivity contribution is -0.113. The van der Waals surface area contributed by atoms with Gasteiger partial charge in [0, 0.05) is 11.1 Å². The van der Waals surface area contributed by atoms with E-state index in [9.17, 15) is 4.79 Å².